The Morgan fingerprint density at radius 1 is 1.14 bits per heavy atom. The molecule has 0 aromatic heterocycles. The normalized spacial score (nSPS) is 22.6. The maximum atomic E-state index is 11.8. The molecule has 5 nitrogen and oxygen atoms in total. The van der Waals surface area contributed by atoms with E-state index in [1.807, 2.05) is 0 Å². The van der Waals surface area contributed by atoms with E-state index in [1.54, 1.807) is 0 Å². The van der Waals surface area contributed by atoms with Gasteiger partial charge in [0.2, 0.25) is 11.7 Å². The van der Waals surface area contributed by atoms with Gasteiger partial charge in [0.25, 0.3) is 0 Å². The van der Waals surface area contributed by atoms with Gasteiger partial charge < -0.3 is 10.1 Å². The molecule has 118 valence electrons. The van der Waals surface area contributed by atoms with Crippen LogP contribution in [0.25, 0.3) is 0 Å². The number of epoxide rings is 1. The van der Waals surface area contributed by atoms with Gasteiger partial charge in [-0.15, -0.1) is 12.3 Å². The van der Waals surface area contributed by atoms with Gasteiger partial charge in [-0.25, -0.2) is 0 Å². The molecule has 2 atom stereocenters. The van der Waals surface area contributed by atoms with Gasteiger partial charge in [0.15, 0.2) is 18.0 Å². The molecule has 5 heteroatoms. The molecule has 0 radical (unpaired) electrons. The molecule has 1 fully saturated rings. The van der Waals surface area contributed by atoms with Crippen LogP contribution in [0.3, 0.4) is 0 Å². The lowest BCUT2D eigenvalue weighted by Gasteiger charge is -2.10. The molecular formula is C17H21NO4. The smallest absolute Gasteiger partial charge is 0.224 e. The van der Waals surface area contributed by atoms with Gasteiger partial charge in [-0.05, 0) is 12.8 Å². The Hall–Kier alpha value is -1.93. The fourth-order valence-electron chi connectivity index (χ4n) is 2.51. The molecule has 1 aliphatic heterocycles. The summed E-state index contributed by atoms with van der Waals surface area (Å²) in [4.78, 5) is 35.0. The summed E-state index contributed by atoms with van der Waals surface area (Å²) in [6.45, 7) is 0. The van der Waals surface area contributed by atoms with E-state index < -0.39 is 12.2 Å². The largest absolute Gasteiger partial charge is 0.352 e. The highest BCUT2D eigenvalue weighted by Gasteiger charge is 2.53. The fraction of sp³-hybridized carbons (Fsp3) is 0.588. The van der Waals surface area contributed by atoms with E-state index in [-0.39, 0.29) is 23.2 Å². The number of fused-ring (bicyclic) bond motifs is 1. The van der Waals surface area contributed by atoms with E-state index in [2.05, 4.69) is 11.2 Å². The molecule has 0 bridgehead atoms. The summed E-state index contributed by atoms with van der Waals surface area (Å²) in [7, 11) is 0. The van der Waals surface area contributed by atoms with Crippen molar-refractivity contribution in [3.63, 3.8) is 0 Å². The third-order valence-corrected chi connectivity index (χ3v) is 3.83. The second-order valence-electron chi connectivity index (χ2n) is 5.68. The van der Waals surface area contributed by atoms with E-state index in [0.29, 0.717) is 6.42 Å². The first-order valence-electron chi connectivity index (χ1n) is 7.82. The van der Waals surface area contributed by atoms with Crippen LogP contribution in [0, 0.1) is 12.3 Å². The molecule has 0 aromatic carbocycles. The Kier molecular flexibility index (Phi) is 5.91. The van der Waals surface area contributed by atoms with E-state index in [1.165, 1.54) is 6.08 Å². The zero-order valence-electron chi connectivity index (χ0n) is 12.6. The molecule has 1 amide bonds. The number of ether oxygens (including phenoxy) is 1. The minimum atomic E-state index is -0.671. The number of hydrogen-bond donors (Lipinski definition) is 1. The van der Waals surface area contributed by atoms with Crippen molar-refractivity contribution in [1.29, 1.82) is 0 Å². The molecule has 0 spiro atoms. The van der Waals surface area contributed by atoms with Crippen molar-refractivity contribution in [3.8, 4) is 12.3 Å². The number of amides is 1. The summed E-state index contributed by atoms with van der Waals surface area (Å²) >= 11 is 0. The van der Waals surface area contributed by atoms with Crippen molar-refractivity contribution < 1.29 is 19.1 Å². The zero-order valence-corrected chi connectivity index (χ0v) is 12.6. The lowest BCUT2D eigenvalue weighted by molar-refractivity contribution is -0.124. The standard InChI is InChI=1S/C17H21NO4/c1-2-3-4-5-6-7-8-9-10-14(20)18-12-11-13(19)16-17(22-16)15(12)21/h1,11,16-17H,3-10H2,(H,18,20). The number of nitrogens with one attached hydrogen (secondary N) is 1. The lowest BCUT2D eigenvalue weighted by Crippen LogP contribution is -2.34. The lowest BCUT2D eigenvalue weighted by atomic mass is 10.0. The predicted octanol–water partition coefficient (Wildman–Crippen LogP) is 1.66. The quantitative estimate of drug-likeness (QED) is 0.399. The van der Waals surface area contributed by atoms with Crippen LogP contribution in [0.5, 0.6) is 0 Å². The number of ketones is 2. The van der Waals surface area contributed by atoms with Crippen LogP contribution < -0.4 is 5.32 Å². The average molecular weight is 303 g/mol. The molecule has 22 heavy (non-hydrogen) atoms. The summed E-state index contributed by atoms with van der Waals surface area (Å²) in [6, 6.07) is 0. The van der Waals surface area contributed by atoms with Crippen LogP contribution in [0.2, 0.25) is 0 Å². The molecule has 1 saturated heterocycles. The van der Waals surface area contributed by atoms with E-state index in [4.69, 9.17) is 11.2 Å². The molecular weight excluding hydrogens is 282 g/mol. The van der Waals surface area contributed by atoms with Gasteiger partial charge in [0, 0.05) is 18.9 Å². The fourth-order valence-corrected chi connectivity index (χ4v) is 2.51. The maximum absolute atomic E-state index is 11.8. The van der Waals surface area contributed by atoms with Crippen LogP contribution in [0.4, 0.5) is 0 Å². The highest BCUT2D eigenvalue weighted by atomic mass is 16.6. The number of carbonyl (C=O) groups is 3. The van der Waals surface area contributed by atoms with Crippen molar-refractivity contribution in [2.45, 2.75) is 63.6 Å². The maximum Gasteiger partial charge on any atom is 0.224 e. The summed E-state index contributed by atoms with van der Waals surface area (Å²) in [6.07, 6.45) is 12.4. The highest BCUT2D eigenvalue weighted by Crippen LogP contribution is 2.30. The van der Waals surface area contributed by atoms with Gasteiger partial charge in [-0.2, -0.15) is 0 Å². The second kappa shape index (κ2) is 7.90. The molecule has 2 aliphatic rings. The number of unbranched alkanes of at least 4 members (excludes halogenated alkanes) is 6. The van der Waals surface area contributed by atoms with Crippen LogP contribution in [-0.2, 0) is 19.1 Å². The first-order valence-corrected chi connectivity index (χ1v) is 7.82. The Labute approximate surface area is 130 Å². The van der Waals surface area contributed by atoms with E-state index in [0.717, 1.165) is 44.9 Å². The van der Waals surface area contributed by atoms with Gasteiger partial charge in [-0.3, -0.25) is 14.4 Å². The molecule has 1 aliphatic carbocycles. The Balaban J connectivity index is 1.58. The summed E-state index contributed by atoms with van der Waals surface area (Å²) in [5.41, 5.74) is 0.0723. The number of Topliss-reactive ketones (excluding diaryl/α,β-unsaturated/α-hetero) is 1. The number of hydrogen-bond acceptors (Lipinski definition) is 4. The van der Waals surface area contributed by atoms with Gasteiger partial charge in [0.1, 0.15) is 0 Å². The third-order valence-electron chi connectivity index (χ3n) is 3.83. The summed E-state index contributed by atoms with van der Waals surface area (Å²) in [5.74, 6) is 1.85. The Morgan fingerprint density at radius 3 is 2.55 bits per heavy atom. The first-order chi connectivity index (χ1) is 10.6. The molecule has 1 heterocycles. The van der Waals surface area contributed by atoms with Crippen molar-refractivity contribution in [1.82, 2.24) is 5.32 Å². The Morgan fingerprint density at radius 2 is 1.82 bits per heavy atom. The Bertz CT molecular complexity index is 529. The van der Waals surface area contributed by atoms with Crippen molar-refractivity contribution >= 4 is 17.5 Å². The molecule has 2 unspecified atom stereocenters. The van der Waals surface area contributed by atoms with Crippen molar-refractivity contribution in [3.05, 3.63) is 11.8 Å². The minimum absolute atomic E-state index is 0.0723. The number of rotatable bonds is 9. The second-order valence-corrected chi connectivity index (χ2v) is 5.68. The summed E-state index contributed by atoms with van der Waals surface area (Å²) in [5, 5.41) is 2.52. The SMILES string of the molecule is C#CCCCCCCCCC(=O)NC1=CC(=O)C2OC2C1=O. The zero-order chi connectivity index (χ0) is 15.9. The average Bonchev–Trinajstić information content (AvgIpc) is 3.28. The predicted molar refractivity (Wildman–Crippen MR) is 80.7 cm³/mol. The number of carbonyl (C=O) groups excluding carboxylic acids is 3. The van der Waals surface area contributed by atoms with Crippen molar-refractivity contribution in [2.24, 2.45) is 0 Å². The third kappa shape index (κ3) is 4.54. The van der Waals surface area contributed by atoms with Crippen LogP contribution in [-0.4, -0.2) is 29.7 Å². The van der Waals surface area contributed by atoms with Gasteiger partial charge in [-0.1, -0.05) is 25.7 Å². The minimum Gasteiger partial charge on any atom is -0.352 e. The van der Waals surface area contributed by atoms with Gasteiger partial charge in [0.05, 0.1) is 5.70 Å². The van der Waals surface area contributed by atoms with Gasteiger partial charge >= 0.3 is 0 Å². The molecule has 1 N–H and O–H groups in total. The van der Waals surface area contributed by atoms with Crippen LogP contribution in [0.15, 0.2) is 11.8 Å². The van der Waals surface area contributed by atoms with Crippen molar-refractivity contribution in [2.75, 3.05) is 0 Å². The number of terminal acetylenes is 1. The topological polar surface area (TPSA) is 75.8 Å². The molecule has 0 saturated carbocycles. The van der Waals surface area contributed by atoms with Crippen LogP contribution >= 0.6 is 0 Å². The molecule has 0 aromatic rings. The molecule has 2 rings (SSSR count). The monoisotopic (exact) mass is 303 g/mol. The van der Waals surface area contributed by atoms with E-state index >= 15 is 0 Å². The van der Waals surface area contributed by atoms with Crippen LogP contribution in [0.1, 0.15) is 51.4 Å². The summed E-state index contributed by atoms with van der Waals surface area (Å²) < 4.78 is 4.95. The highest BCUT2D eigenvalue weighted by molar-refractivity contribution is 6.16. The van der Waals surface area contributed by atoms with E-state index in [9.17, 15) is 14.4 Å². The first kappa shape index (κ1) is 16.4.